The van der Waals surface area contributed by atoms with Crippen molar-refractivity contribution >= 4 is 29.0 Å². The molecule has 1 heterocycles. The van der Waals surface area contributed by atoms with Crippen LogP contribution in [0.15, 0.2) is 41.3 Å². The number of amides is 1. The number of hydrogen-bond donors (Lipinski definition) is 2. The molecule has 0 aromatic heterocycles. The maximum atomic E-state index is 12.1. The van der Waals surface area contributed by atoms with E-state index < -0.39 is 0 Å². The zero-order valence-electron chi connectivity index (χ0n) is 13.9. The summed E-state index contributed by atoms with van der Waals surface area (Å²) in [6.07, 6.45) is 0.371. The number of nitrogen functional groups attached to an aromatic ring is 1. The van der Waals surface area contributed by atoms with Crippen molar-refractivity contribution in [3.8, 4) is 17.2 Å². The van der Waals surface area contributed by atoms with Gasteiger partial charge in [-0.25, -0.2) is 0 Å². The summed E-state index contributed by atoms with van der Waals surface area (Å²) in [5.41, 5.74) is 6.95. The lowest BCUT2D eigenvalue weighted by atomic mass is 10.2. The summed E-state index contributed by atoms with van der Waals surface area (Å²) in [4.78, 5) is 13.2. The highest BCUT2D eigenvalue weighted by atomic mass is 32.2. The Kier molecular flexibility index (Phi) is 5.55. The first-order valence-electron chi connectivity index (χ1n) is 7.91. The molecule has 0 aliphatic carbocycles. The van der Waals surface area contributed by atoms with E-state index >= 15 is 0 Å². The molecule has 7 heteroatoms. The maximum Gasteiger partial charge on any atom is 0.225 e. The molecule has 6 nitrogen and oxygen atoms in total. The van der Waals surface area contributed by atoms with Crippen LogP contribution in [0.4, 0.5) is 11.4 Å². The summed E-state index contributed by atoms with van der Waals surface area (Å²) in [6, 6.07) is 11.0. The number of carbonyl (C=O) groups excluding carboxylic acids is 1. The second-order valence-corrected chi connectivity index (χ2v) is 6.57. The Morgan fingerprint density at radius 3 is 2.80 bits per heavy atom. The minimum Gasteiger partial charge on any atom is -0.497 e. The van der Waals surface area contributed by atoms with E-state index in [1.54, 1.807) is 37.1 Å². The highest BCUT2D eigenvalue weighted by Crippen LogP contribution is 2.34. The molecule has 0 saturated heterocycles. The number of fused-ring (bicyclic) bond motifs is 1. The van der Waals surface area contributed by atoms with Gasteiger partial charge in [-0.3, -0.25) is 4.79 Å². The molecule has 1 aliphatic rings. The largest absolute Gasteiger partial charge is 0.497 e. The second-order valence-electron chi connectivity index (χ2n) is 5.41. The number of rotatable bonds is 6. The van der Waals surface area contributed by atoms with E-state index in [0.717, 1.165) is 16.4 Å². The number of nitrogens with two attached hydrogens (primary N) is 1. The lowest BCUT2D eigenvalue weighted by Crippen LogP contribution is -2.15. The van der Waals surface area contributed by atoms with Crippen molar-refractivity contribution in [2.75, 3.05) is 37.1 Å². The lowest BCUT2D eigenvalue weighted by molar-refractivity contribution is -0.115. The van der Waals surface area contributed by atoms with Crippen LogP contribution in [-0.2, 0) is 4.79 Å². The van der Waals surface area contributed by atoms with Crippen LogP contribution < -0.4 is 25.3 Å². The molecule has 2 aromatic carbocycles. The monoisotopic (exact) mass is 360 g/mol. The number of thioether (sulfide) groups is 1. The molecule has 0 saturated carbocycles. The molecular weight excluding hydrogens is 340 g/mol. The van der Waals surface area contributed by atoms with Crippen molar-refractivity contribution in [2.45, 2.75) is 11.3 Å². The minimum absolute atomic E-state index is 0.0926. The Morgan fingerprint density at radius 1 is 1.20 bits per heavy atom. The van der Waals surface area contributed by atoms with Crippen molar-refractivity contribution in [1.29, 1.82) is 0 Å². The summed E-state index contributed by atoms with van der Waals surface area (Å²) >= 11 is 1.59. The number of benzene rings is 2. The van der Waals surface area contributed by atoms with Crippen LogP contribution in [0.2, 0.25) is 0 Å². The fourth-order valence-electron chi connectivity index (χ4n) is 2.36. The molecule has 1 aliphatic heterocycles. The molecular formula is C18H20N2O4S. The Balaban J connectivity index is 1.51. The zero-order chi connectivity index (χ0) is 17.6. The molecule has 3 rings (SSSR count). The molecule has 1 amide bonds. The van der Waals surface area contributed by atoms with Crippen LogP contribution in [0.3, 0.4) is 0 Å². The first-order chi connectivity index (χ1) is 12.2. The predicted molar refractivity (Wildman–Crippen MR) is 98.8 cm³/mol. The van der Waals surface area contributed by atoms with Gasteiger partial charge >= 0.3 is 0 Å². The van der Waals surface area contributed by atoms with Crippen molar-refractivity contribution in [1.82, 2.24) is 0 Å². The lowest BCUT2D eigenvalue weighted by Gasteiger charge is -2.18. The molecule has 0 unspecified atom stereocenters. The van der Waals surface area contributed by atoms with Crippen LogP contribution in [0.5, 0.6) is 17.2 Å². The summed E-state index contributed by atoms with van der Waals surface area (Å²) in [6.45, 7) is 1.14. The Bertz CT molecular complexity index is 767. The normalized spacial score (nSPS) is 12.5. The molecule has 2 aromatic rings. The Hall–Kier alpha value is -2.54. The van der Waals surface area contributed by atoms with E-state index in [9.17, 15) is 4.79 Å². The topological polar surface area (TPSA) is 82.8 Å². The first kappa shape index (κ1) is 17.3. The summed E-state index contributed by atoms with van der Waals surface area (Å²) in [5, 5.41) is 2.82. The van der Waals surface area contributed by atoms with E-state index in [0.29, 0.717) is 42.5 Å². The van der Waals surface area contributed by atoms with Crippen molar-refractivity contribution in [3.05, 3.63) is 36.4 Å². The standard InChI is InChI=1S/C18H20N2O4S/c1-22-12-2-4-14(19)15(10-12)20-18(21)6-9-25-13-3-5-16-17(11-13)24-8-7-23-16/h2-5,10-11H,6-9,19H2,1H3,(H,20,21). The number of carbonyl (C=O) groups is 1. The highest BCUT2D eigenvalue weighted by Gasteiger charge is 2.12. The van der Waals surface area contributed by atoms with Crippen molar-refractivity contribution in [3.63, 3.8) is 0 Å². The molecule has 0 fully saturated rings. The van der Waals surface area contributed by atoms with Gasteiger partial charge in [0.1, 0.15) is 19.0 Å². The minimum atomic E-state index is -0.0926. The van der Waals surface area contributed by atoms with Gasteiger partial charge in [-0.05, 0) is 30.3 Å². The number of hydrogen-bond acceptors (Lipinski definition) is 6. The number of methoxy groups -OCH3 is 1. The Labute approximate surface area is 150 Å². The maximum absolute atomic E-state index is 12.1. The first-order valence-corrected chi connectivity index (χ1v) is 8.90. The third-order valence-electron chi connectivity index (χ3n) is 3.65. The van der Waals surface area contributed by atoms with E-state index in [4.69, 9.17) is 19.9 Å². The number of nitrogens with one attached hydrogen (secondary N) is 1. The van der Waals surface area contributed by atoms with Gasteiger partial charge in [-0.2, -0.15) is 0 Å². The van der Waals surface area contributed by atoms with E-state index in [1.807, 2.05) is 18.2 Å². The zero-order valence-corrected chi connectivity index (χ0v) is 14.7. The van der Waals surface area contributed by atoms with Crippen LogP contribution in [0.25, 0.3) is 0 Å². The molecule has 0 atom stereocenters. The number of ether oxygens (including phenoxy) is 3. The molecule has 25 heavy (non-hydrogen) atoms. The van der Waals surface area contributed by atoms with Crippen LogP contribution in [0.1, 0.15) is 6.42 Å². The molecule has 0 radical (unpaired) electrons. The SMILES string of the molecule is COc1ccc(N)c(NC(=O)CCSc2ccc3c(c2)OCCO3)c1. The smallest absolute Gasteiger partial charge is 0.225 e. The summed E-state index contributed by atoms with van der Waals surface area (Å²) in [7, 11) is 1.57. The van der Waals surface area contributed by atoms with Gasteiger partial charge in [-0.1, -0.05) is 0 Å². The van der Waals surface area contributed by atoms with Gasteiger partial charge in [0.25, 0.3) is 0 Å². The van der Waals surface area contributed by atoms with Gasteiger partial charge in [0, 0.05) is 23.1 Å². The van der Waals surface area contributed by atoms with Gasteiger partial charge < -0.3 is 25.3 Å². The van der Waals surface area contributed by atoms with Crippen molar-refractivity contribution < 1.29 is 19.0 Å². The average molecular weight is 360 g/mol. The number of anilines is 2. The Morgan fingerprint density at radius 2 is 2.00 bits per heavy atom. The van der Waals surface area contributed by atoms with E-state index in [-0.39, 0.29) is 5.91 Å². The van der Waals surface area contributed by atoms with Gasteiger partial charge in [0.2, 0.25) is 5.91 Å². The van der Waals surface area contributed by atoms with E-state index in [2.05, 4.69) is 5.32 Å². The molecule has 3 N–H and O–H groups in total. The second kappa shape index (κ2) is 8.02. The van der Waals surface area contributed by atoms with Gasteiger partial charge in [-0.15, -0.1) is 11.8 Å². The van der Waals surface area contributed by atoms with Gasteiger partial charge in [0.15, 0.2) is 11.5 Å². The summed E-state index contributed by atoms with van der Waals surface area (Å²) in [5.74, 6) is 2.72. The third kappa shape index (κ3) is 4.51. The summed E-state index contributed by atoms with van der Waals surface area (Å²) < 4.78 is 16.2. The molecule has 132 valence electrons. The average Bonchev–Trinajstić information content (AvgIpc) is 2.63. The van der Waals surface area contributed by atoms with E-state index in [1.165, 1.54) is 0 Å². The van der Waals surface area contributed by atoms with Crippen LogP contribution >= 0.6 is 11.8 Å². The predicted octanol–water partition coefficient (Wildman–Crippen LogP) is 3.17. The third-order valence-corrected chi connectivity index (χ3v) is 4.64. The highest BCUT2D eigenvalue weighted by molar-refractivity contribution is 7.99. The van der Waals surface area contributed by atoms with Crippen LogP contribution in [0, 0.1) is 0 Å². The van der Waals surface area contributed by atoms with Crippen LogP contribution in [-0.4, -0.2) is 32.0 Å². The van der Waals surface area contributed by atoms with Crippen molar-refractivity contribution in [2.24, 2.45) is 0 Å². The quantitative estimate of drug-likeness (QED) is 0.608. The fraction of sp³-hybridized carbons (Fsp3) is 0.278. The van der Waals surface area contributed by atoms with Gasteiger partial charge in [0.05, 0.1) is 18.5 Å². The molecule has 0 bridgehead atoms. The fourth-order valence-corrected chi connectivity index (χ4v) is 3.24. The molecule has 0 spiro atoms.